The Labute approximate surface area is 295 Å². The average Bonchev–Trinajstić information content (AvgIpc) is 3.88. The lowest BCUT2D eigenvalue weighted by atomic mass is 10.1. The van der Waals surface area contributed by atoms with Crippen LogP contribution in [0.15, 0.2) is 162 Å². The Hall–Kier alpha value is -6.63. The first-order valence-electron chi connectivity index (χ1n) is 16.9. The normalized spacial score (nSPS) is 11.9. The molecule has 51 heavy (non-hydrogen) atoms. The second-order valence-electron chi connectivity index (χ2n) is 12.8. The van der Waals surface area contributed by atoms with E-state index in [2.05, 4.69) is 102 Å². The molecule has 0 radical (unpaired) electrons. The van der Waals surface area contributed by atoms with Crippen molar-refractivity contribution in [1.29, 1.82) is 0 Å². The minimum absolute atomic E-state index is 0.567. The first-order valence-corrected chi connectivity index (χ1v) is 17.8. The van der Waals surface area contributed by atoms with Gasteiger partial charge in [-0.15, -0.1) is 11.3 Å². The molecule has 0 amide bonds. The lowest BCUT2D eigenvalue weighted by Crippen LogP contribution is -2.01. The van der Waals surface area contributed by atoms with Gasteiger partial charge in [0, 0.05) is 53.8 Å². The highest BCUT2D eigenvalue weighted by Gasteiger charge is 2.20. The van der Waals surface area contributed by atoms with E-state index in [1.165, 1.54) is 36.5 Å². The molecule has 0 spiro atoms. The zero-order valence-corrected chi connectivity index (χ0v) is 27.9. The first kappa shape index (κ1) is 28.2. The summed E-state index contributed by atoms with van der Waals surface area (Å²) >= 11 is 1.85. The standard InChI is InChI=1S/C45H26N4OS/c1-2-12-27(13-3-1)43-46-44(48-45(47-43)36-20-11-19-34-31-17-5-8-22-38(31)50-41(34)36)28-14-10-15-29(26-28)49-37-21-7-4-16-30(37)33-24-25-35-32-18-6-9-23-39(32)51-42(35)40(33)49/h1-26H. The number of hydrogen-bond donors (Lipinski definition) is 0. The second-order valence-corrected chi connectivity index (χ2v) is 13.8. The van der Waals surface area contributed by atoms with Gasteiger partial charge in [-0.25, -0.2) is 15.0 Å². The maximum atomic E-state index is 6.43. The molecule has 11 aromatic rings. The van der Waals surface area contributed by atoms with Crippen LogP contribution in [0.4, 0.5) is 0 Å². The van der Waals surface area contributed by atoms with Crippen LogP contribution in [0.3, 0.4) is 0 Å². The van der Waals surface area contributed by atoms with E-state index >= 15 is 0 Å². The monoisotopic (exact) mass is 670 g/mol. The average molecular weight is 671 g/mol. The van der Waals surface area contributed by atoms with Gasteiger partial charge in [0.25, 0.3) is 0 Å². The van der Waals surface area contributed by atoms with Gasteiger partial charge in [-0.1, -0.05) is 121 Å². The Balaban J connectivity index is 1.16. The molecule has 4 heterocycles. The topological polar surface area (TPSA) is 56.7 Å². The maximum Gasteiger partial charge on any atom is 0.167 e. The number of furan rings is 1. The molecule has 0 atom stereocenters. The third kappa shape index (κ3) is 4.30. The number of benzene rings is 7. The number of fused-ring (bicyclic) bond motifs is 10. The van der Waals surface area contributed by atoms with E-state index < -0.39 is 0 Å². The van der Waals surface area contributed by atoms with Crippen molar-refractivity contribution in [2.24, 2.45) is 0 Å². The zero-order chi connectivity index (χ0) is 33.5. The summed E-state index contributed by atoms with van der Waals surface area (Å²) in [6, 6.07) is 54.9. The molecule has 0 aliphatic carbocycles. The quantitative estimate of drug-likeness (QED) is 0.187. The van der Waals surface area contributed by atoms with E-state index in [1.54, 1.807) is 0 Å². The van der Waals surface area contributed by atoms with Crippen LogP contribution in [0.1, 0.15) is 0 Å². The van der Waals surface area contributed by atoms with Gasteiger partial charge in [0.05, 0.1) is 21.3 Å². The van der Waals surface area contributed by atoms with Crippen LogP contribution in [0, 0.1) is 0 Å². The number of rotatable bonds is 4. The first-order chi connectivity index (χ1) is 25.3. The van der Waals surface area contributed by atoms with Gasteiger partial charge >= 0.3 is 0 Å². The Morgan fingerprint density at radius 1 is 0.471 bits per heavy atom. The van der Waals surface area contributed by atoms with Crippen molar-refractivity contribution in [3.8, 4) is 39.9 Å². The zero-order valence-electron chi connectivity index (χ0n) is 27.1. The highest BCUT2D eigenvalue weighted by atomic mass is 32.1. The molecular formula is C45H26N4OS. The molecule has 11 rings (SSSR count). The summed E-state index contributed by atoms with van der Waals surface area (Å²) < 4.78 is 11.4. The minimum atomic E-state index is 0.567. The number of nitrogens with zero attached hydrogens (tertiary/aromatic N) is 4. The van der Waals surface area contributed by atoms with Crippen LogP contribution in [-0.4, -0.2) is 19.5 Å². The fourth-order valence-corrected chi connectivity index (χ4v) is 8.79. The third-order valence-electron chi connectivity index (χ3n) is 9.85. The van der Waals surface area contributed by atoms with E-state index in [1.807, 2.05) is 72.0 Å². The molecule has 7 aromatic carbocycles. The van der Waals surface area contributed by atoms with E-state index in [-0.39, 0.29) is 0 Å². The maximum absolute atomic E-state index is 6.43. The molecule has 6 heteroatoms. The molecule has 0 fully saturated rings. The summed E-state index contributed by atoms with van der Waals surface area (Å²) in [5.41, 5.74) is 7.67. The van der Waals surface area contributed by atoms with E-state index in [4.69, 9.17) is 19.4 Å². The summed E-state index contributed by atoms with van der Waals surface area (Å²) in [6.07, 6.45) is 0. The molecule has 0 N–H and O–H groups in total. The van der Waals surface area contributed by atoms with Gasteiger partial charge in [-0.3, -0.25) is 0 Å². The lowest BCUT2D eigenvalue weighted by molar-refractivity contribution is 0.669. The molecule has 0 aliphatic heterocycles. The van der Waals surface area contributed by atoms with Gasteiger partial charge in [-0.05, 0) is 36.4 Å². The van der Waals surface area contributed by atoms with Crippen molar-refractivity contribution in [2.75, 3.05) is 0 Å². The smallest absolute Gasteiger partial charge is 0.167 e. The van der Waals surface area contributed by atoms with Crippen molar-refractivity contribution >= 4 is 75.3 Å². The van der Waals surface area contributed by atoms with Crippen molar-refractivity contribution in [3.63, 3.8) is 0 Å². The summed E-state index contributed by atoms with van der Waals surface area (Å²) in [5, 5.41) is 7.13. The molecule has 0 aliphatic rings. The molecule has 238 valence electrons. The number of aromatic nitrogens is 4. The summed E-state index contributed by atoms with van der Waals surface area (Å²) in [4.78, 5) is 15.3. The Morgan fingerprint density at radius 2 is 1.14 bits per heavy atom. The SMILES string of the molecule is c1ccc(-c2nc(-c3cccc(-n4c5ccccc5c5ccc6c7ccccc7sc6c54)c3)nc(-c3cccc4c3oc3ccccc34)n2)cc1. The second kappa shape index (κ2) is 10.9. The highest BCUT2D eigenvalue weighted by Crippen LogP contribution is 2.43. The van der Waals surface area contributed by atoms with E-state index in [9.17, 15) is 0 Å². The Bertz CT molecular complexity index is 3150. The number of thiophene rings is 1. The van der Waals surface area contributed by atoms with Crippen molar-refractivity contribution in [2.45, 2.75) is 0 Å². The van der Waals surface area contributed by atoms with Crippen LogP contribution in [-0.2, 0) is 0 Å². The predicted molar refractivity (Wildman–Crippen MR) is 211 cm³/mol. The van der Waals surface area contributed by atoms with E-state index in [0.717, 1.165) is 49.8 Å². The highest BCUT2D eigenvalue weighted by molar-refractivity contribution is 7.26. The molecule has 5 nitrogen and oxygen atoms in total. The number of hydrogen-bond acceptors (Lipinski definition) is 5. The Morgan fingerprint density at radius 3 is 2.04 bits per heavy atom. The fourth-order valence-electron chi connectivity index (χ4n) is 7.55. The third-order valence-corrected chi connectivity index (χ3v) is 11.0. The lowest BCUT2D eigenvalue weighted by Gasteiger charge is -2.12. The molecule has 0 bridgehead atoms. The molecule has 0 saturated carbocycles. The van der Waals surface area contributed by atoms with E-state index in [0.29, 0.717) is 17.5 Å². The van der Waals surface area contributed by atoms with Crippen LogP contribution < -0.4 is 0 Å². The van der Waals surface area contributed by atoms with Crippen molar-refractivity contribution in [3.05, 3.63) is 158 Å². The van der Waals surface area contributed by atoms with Crippen LogP contribution in [0.2, 0.25) is 0 Å². The van der Waals surface area contributed by atoms with Crippen molar-refractivity contribution in [1.82, 2.24) is 19.5 Å². The number of para-hydroxylation sites is 3. The minimum Gasteiger partial charge on any atom is -0.455 e. The fraction of sp³-hybridized carbons (Fsp3) is 0. The summed E-state index contributed by atoms with van der Waals surface area (Å²) in [6.45, 7) is 0. The van der Waals surface area contributed by atoms with Crippen LogP contribution >= 0.6 is 11.3 Å². The van der Waals surface area contributed by atoms with Crippen LogP contribution in [0.25, 0.3) is 104 Å². The van der Waals surface area contributed by atoms with Gasteiger partial charge in [-0.2, -0.15) is 0 Å². The van der Waals surface area contributed by atoms with Gasteiger partial charge in [0.15, 0.2) is 17.5 Å². The summed E-state index contributed by atoms with van der Waals surface area (Å²) in [5.74, 6) is 1.78. The van der Waals surface area contributed by atoms with Gasteiger partial charge < -0.3 is 8.98 Å². The molecule has 0 unspecified atom stereocenters. The van der Waals surface area contributed by atoms with Crippen molar-refractivity contribution < 1.29 is 4.42 Å². The van der Waals surface area contributed by atoms with Gasteiger partial charge in [0.2, 0.25) is 0 Å². The molecular weight excluding hydrogens is 645 g/mol. The Kier molecular flexibility index (Phi) is 6.05. The van der Waals surface area contributed by atoms with Gasteiger partial charge in [0.1, 0.15) is 11.2 Å². The largest absolute Gasteiger partial charge is 0.455 e. The summed E-state index contributed by atoms with van der Waals surface area (Å²) in [7, 11) is 0. The predicted octanol–water partition coefficient (Wildman–Crippen LogP) is 12.2. The molecule has 0 saturated heterocycles. The van der Waals surface area contributed by atoms with Crippen LogP contribution in [0.5, 0.6) is 0 Å². The molecule has 4 aromatic heterocycles.